The minimum atomic E-state index is 0.318. The fraction of sp³-hybridized carbons (Fsp3) is 0.125. The Morgan fingerprint density at radius 3 is 2.58 bits per heavy atom. The molecule has 0 amide bonds. The quantitative estimate of drug-likeness (QED) is 0.487. The first kappa shape index (κ1) is 8.39. The molecule has 0 saturated heterocycles. The van der Waals surface area contributed by atoms with Crippen LogP contribution in [-0.2, 0) is 4.79 Å². The van der Waals surface area contributed by atoms with E-state index in [1.54, 1.807) is 18.5 Å². The van der Waals surface area contributed by atoms with E-state index in [1.165, 1.54) is 13.2 Å². The maximum Gasteiger partial charge on any atom is 0.316 e. The number of nitrogens with zero attached hydrogens (tertiary/aromatic N) is 2. The minimum absolute atomic E-state index is 0.318. The van der Waals surface area contributed by atoms with Crippen molar-refractivity contribution >= 4 is 12.4 Å². The predicted octanol–water partition coefficient (Wildman–Crippen LogP) is 0.697. The largest absolute Gasteiger partial charge is 0.467 e. The lowest BCUT2D eigenvalue weighted by Crippen LogP contribution is -1.90. The molecular weight excluding hydrogens is 156 g/mol. The molecule has 62 valence electrons. The van der Waals surface area contributed by atoms with Gasteiger partial charge in [-0.2, -0.15) is 0 Å². The maximum absolute atomic E-state index is 9.95. The summed E-state index contributed by atoms with van der Waals surface area (Å²) in [6, 6.07) is 0.318. The Labute approximate surface area is 69.9 Å². The van der Waals surface area contributed by atoms with E-state index in [0.717, 1.165) is 5.56 Å². The van der Waals surface area contributed by atoms with Crippen LogP contribution < -0.4 is 4.74 Å². The van der Waals surface area contributed by atoms with Crippen LogP contribution in [0, 0.1) is 0 Å². The van der Waals surface area contributed by atoms with Gasteiger partial charge in [0.25, 0.3) is 0 Å². The van der Waals surface area contributed by atoms with Gasteiger partial charge in [0.05, 0.1) is 7.11 Å². The summed E-state index contributed by atoms with van der Waals surface area (Å²) in [5, 5.41) is 0. The molecule has 1 aromatic heterocycles. The van der Waals surface area contributed by atoms with Crippen LogP contribution in [0.3, 0.4) is 0 Å². The second-order valence-corrected chi connectivity index (χ2v) is 2.00. The highest BCUT2D eigenvalue weighted by molar-refractivity contribution is 5.73. The standard InChI is InChI=1S/C8H8N2O2/c1-12-8-9-5-7(6-10-8)3-2-4-11/h2-6H,1H3. The third kappa shape index (κ3) is 2.16. The predicted molar refractivity (Wildman–Crippen MR) is 43.7 cm³/mol. The zero-order valence-corrected chi connectivity index (χ0v) is 6.60. The van der Waals surface area contributed by atoms with Crippen molar-refractivity contribution in [1.29, 1.82) is 0 Å². The number of hydrogen-bond donors (Lipinski definition) is 0. The fourth-order valence-electron chi connectivity index (χ4n) is 0.668. The summed E-state index contributed by atoms with van der Waals surface area (Å²) < 4.78 is 4.76. The maximum atomic E-state index is 9.95. The Bertz CT molecular complexity index is 280. The van der Waals surface area contributed by atoms with Gasteiger partial charge in [0.2, 0.25) is 0 Å². The number of ether oxygens (including phenoxy) is 1. The summed E-state index contributed by atoms with van der Waals surface area (Å²) in [5.41, 5.74) is 0.767. The molecule has 0 aliphatic rings. The van der Waals surface area contributed by atoms with Gasteiger partial charge in [-0.1, -0.05) is 0 Å². The molecule has 4 heteroatoms. The zero-order valence-electron chi connectivity index (χ0n) is 6.60. The van der Waals surface area contributed by atoms with E-state index in [1.807, 2.05) is 0 Å². The number of aromatic nitrogens is 2. The van der Waals surface area contributed by atoms with E-state index in [4.69, 9.17) is 4.74 Å². The molecule has 0 radical (unpaired) electrons. The summed E-state index contributed by atoms with van der Waals surface area (Å²) >= 11 is 0. The fourth-order valence-corrected chi connectivity index (χ4v) is 0.668. The first-order chi connectivity index (χ1) is 5.86. The van der Waals surface area contributed by atoms with Gasteiger partial charge in [0.1, 0.15) is 6.29 Å². The minimum Gasteiger partial charge on any atom is -0.467 e. The third-order valence-electron chi connectivity index (χ3n) is 1.20. The highest BCUT2D eigenvalue weighted by atomic mass is 16.5. The highest BCUT2D eigenvalue weighted by Gasteiger charge is 1.91. The SMILES string of the molecule is COc1ncc(C=CC=O)cn1. The van der Waals surface area contributed by atoms with Crippen molar-refractivity contribution in [3.8, 4) is 6.01 Å². The van der Waals surface area contributed by atoms with Gasteiger partial charge in [-0.3, -0.25) is 4.79 Å². The molecule has 0 saturated carbocycles. The van der Waals surface area contributed by atoms with Gasteiger partial charge < -0.3 is 4.74 Å². The molecule has 0 bridgehead atoms. The smallest absolute Gasteiger partial charge is 0.316 e. The molecule has 1 aromatic rings. The molecule has 0 aliphatic heterocycles. The lowest BCUT2D eigenvalue weighted by molar-refractivity contribution is -0.104. The molecule has 1 rings (SSSR count). The molecule has 0 aromatic carbocycles. The lowest BCUT2D eigenvalue weighted by atomic mass is 10.3. The zero-order chi connectivity index (χ0) is 8.81. The summed E-state index contributed by atoms with van der Waals surface area (Å²) in [6.07, 6.45) is 6.85. The van der Waals surface area contributed by atoms with E-state index >= 15 is 0 Å². The molecule has 4 nitrogen and oxygen atoms in total. The number of aldehydes is 1. The average molecular weight is 164 g/mol. The van der Waals surface area contributed by atoms with E-state index in [9.17, 15) is 4.79 Å². The van der Waals surface area contributed by atoms with Crippen molar-refractivity contribution in [2.24, 2.45) is 0 Å². The first-order valence-corrected chi connectivity index (χ1v) is 3.34. The molecule has 1 heterocycles. The van der Waals surface area contributed by atoms with Crippen LogP contribution in [0.1, 0.15) is 5.56 Å². The topological polar surface area (TPSA) is 52.1 Å². The number of hydrogen-bond acceptors (Lipinski definition) is 4. The van der Waals surface area contributed by atoms with Gasteiger partial charge in [-0.05, 0) is 12.2 Å². The Morgan fingerprint density at radius 1 is 1.42 bits per heavy atom. The number of carbonyl (C=O) groups is 1. The number of methoxy groups -OCH3 is 1. The number of rotatable bonds is 3. The Kier molecular flexibility index (Phi) is 2.95. The van der Waals surface area contributed by atoms with Crippen molar-refractivity contribution in [3.63, 3.8) is 0 Å². The van der Waals surface area contributed by atoms with E-state index in [-0.39, 0.29) is 0 Å². The van der Waals surface area contributed by atoms with Crippen LogP contribution in [0.25, 0.3) is 6.08 Å². The van der Waals surface area contributed by atoms with E-state index < -0.39 is 0 Å². The Morgan fingerprint density at radius 2 is 2.08 bits per heavy atom. The first-order valence-electron chi connectivity index (χ1n) is 3.34. The van der Waals surface area contributed by atoms with Gasteiger partial charge in [0, 0.05) is 18.0 Å². The second-order valence-electron chi connectivity index (χ2n) is 2.00. The molecule has 0 fully saturated rings. The molecule has 0 spiro atoms. The average Bonchev–Trinajstić information content (AvgIpc) is 2.15. The van der Waals surface area contributed by atoms with Crippen LogP contribution in [0.15, 0.2) is 18.5 Å². The molecule has 0 unspecified atom stereocenters. The van der Waals surface area contributed by atoms with Gasteiger partial charge >= 0.3 is 6.01 Å². The molecule has 12 heavy (non-hydrogen) atoms. The van der Waals surface area contributed by atoms with Crippen LogP contribution >= 0.6 is 0 Å². The Hall–Kier alpha value is -1.71. The third-order valence-corrected chi connectivity index (χ3v) is 1.20. The van der Waals surface area contributed by atoms with Crippen LogP contribution in [-0.4, -0.2) is 23.4 Å². The normalized spacial score (nSPS) is 10.1. The number of carbonyl (C=O) groups excluding carboxylic acids is 1. The molecule has 0 atom stereocenters. The van der Waals surface area contributed by atoms with E-state index in [0.29, 0.717) is 12.3 Å². The van der Waals surface area contributed by atoms with Gasteiger partial charge in [-0.25, -0.2) is 9.97 Å². The summed E-state index contributed by atoms with van der Waals surface area (Å²) in [5.74, 6) is 0. The summed E-state index contributed by atoms with van der Waals surface area (Å²) in [4.78, 5) is 17.6. The molecular formula is C8H8N2O2. The number of allylic oxidation sites excluding steroid dienone is 1. The lowest BCUT2D eigenvalue weighted by Gasteiger charge is -1.95. The molecule has 0 aliphatic carbocycles. The van der Waals surface area contributed by atoms with E-state index in [2.05, 4.69) is 9.97 Å². The highest BCUT2D eigenvalue weighted by Crippen LogP contribution is 2.02. The summed E-state index contributed by atoms with van der Waals surface area (Å²) in [7, 11) is 1.50. The van der Waals surface area contributed by atoms with Crippen LogP contribution in [0.4, 0.5) is 0 Å². The summed E-state index contributed by atoms with van der Waals surface area (Å²) in [6.45, 7) is 0. The molecule has 0 N–H and O–H groups in total. The van der Waals surface area contributed by atoms with Crippen molar-refractivity contribution in [2.45, 2.75) is 0 Å². The van der Waals surface area contributed by atoms with Crippen LogP contribution in [0.2, 0.25) is 0 Å². The van der Waals surface area contributed by atoms with Gasteiger partial charge in [0.15, 0.2) is 0 Å². The van der Waals surface area contributed by atoms with Crippen molar-refractivity contribution in [3.05, 3.63) is 24.0 Å². The van der Waals surface area contributed by atoms with Crippen molar-refractivity contribution in [1.82, 2.24) is 9.97 Å². The Balaban J connectivity index is 2.77. The van der Waals surface area contributed by atoms with Crippen molar-refractivity contribution in [2.75, 3.05) is 7.11 Å². The second kappa shape index (κ2) is 4.23. The van der Waals surface area contributed by atoms with Crippen molar-refractivity contribution < 1.29 is 9.53 Å². The van der Waals surface area contributed by atoms with Crippen LogP contribution in [0.5, 0.6) is 6.01 Å². The van der Waals surface area contributed by atoms with Gasteiger partial charge in [-0.15, -0.1) is 0 Å². The monoisotopic (exact) mass is 164 g/mol.